The van der Waals surface area contributed by atoms with Crippen LogP contribution in [0.5, 0.6) is 0 Å². The Kier molecular flexibility index (Phi) is 6.68. The van der Waals surface area contributed by atoms with E-state index >= 15 is 0 Å². The third-order valence-corrected chi connectivity index (χ3v) is 5.71. The molecule has 35 heavy (non-hydrogen) atoms. The molecule has 6 nitrogen and oxygen atoms in total. The lowest BCUT2D eigenvalue weighted by Gasteiger charge is -2.11. The Balaban J connectivity index is 1.50. The van der Waals surface area contributed by atoms with Crippen LogP contribution in [0.3, 0.4) is 0 Å². The van der Waals surface area contributed by atoms with Crippen molar-refractivity contribution in [2.24, 2.45) is 0 Å². The van der Waals surface area contributed by atoms with Gasteiger partial charge in [0, 0.05) is 34.8 Å². The summed E-state index contributed by atoms with van der Waals surface area (Å²) in [5.41, 5.74) is 4.28. The van der Waals surface area contributed by atoms with Crippen molar-refractivity contribution in [3.8, 4) is 28.3 Å². The molecular formula is C25H20F3N6P. The number of rotatable bonds is 6. The fourth-order valence-electron chi connectivity index (χ4n) is 3.81. The highest BCUT2D eigenvalue weighted by molar-refractivity contribution is 7.21. The van der Waals surface area contributed by atoms with Crippen LogP contribution in [0.2, 0.25) is 0 Å². The van der Waals surface area contributed by atoms with Crippen molar-refractivity contribution >= 4 is 20.1 Å². The summed E-state index contributed by atoms with van der Waals surface area (Å²) in [6.45, 7) is 3.89. The number of anilines is 1. The van der Waals surface area contributed by atoms with E-state index in [-0.39, 0.29) is 0 Å². The van der Waals surface area contributed by atoms with E-state index in [2.05, 4.69) is 35.3 Å². The second kappa shape index (κ2) is 9.69. The van der Waals surface area contributed by atoms with Gasteiger partial charge in [-0.1, -0.05) is 27.1 Å². The zero-order chi connectivity index (χ0) is 25.2. The fraction of sp³-hybridized carbons (Fsp3) is 0.160. The number of aromatic nitrogens is 4. The Morgan fingerprint density at radius 2 is 1.86 bits per heavy atom. The Labute approximate surface area is 202 Å². The van der Waals surface area contributed by atoms with Crippen LogP contribution in [0, 0.1) is 25.2 Å². The van der Waals surface area contributed by atoms with Crippen molar-refractivity contribution in [1.29, 1.82) is 5.26 Å². The first-order valence-electron chi connectivity index (χ1n) is 10.5. The van der Waals surface area contributed by atoms with Gasteiger partial charge in [0.1, 0.15) is 11.5 Å². The molecule has 0 radical (unpaired) electrons. The Hall–Kier alpha value is -4.02. The molecule has 1 N–H and O–H groups in total. The number of nitrogens with one attached hydrogen (secondary N) is 1. The highest BCUT2D eigenvalue weighted by Gasteiger charge is 2.33. The SMILES string of the molecule is Cc1nn(CC(=P)Nc2ccc(-c3ccccc3C#N)cn2)c(C)c1-c1ccnc(C(F)(F)F)c1. The van der Waals surface area contributed by atoms with Crippen LogP contribution in [0.25, 0.3) is 22.3 Å². The van der Waals surface area contributed by atoms with Crippen LogP contribution >= 0.6 is 8.86 Å². The zero-order valence-electron chi connectivity index (χ0n) is 18.9. The minimum Gasteiger partial charge on any atom is -0.339 e. The van der Waals surface area contributed by atoms with Crippen LogP contribution in [0.1, 0.15) is 22.6 Å². The number of aryl methyl sites for hydroxylation is 1. The number of nitriles is 1. The quantitative estimate of drug-likeness (QED) is 0.339. The summed E-state index contributed by atoms with van der Waals surface area (Å²) < 4.78 is 41.0. The van der Waals surface area contributed by atoms with Gasteiger partial charge in [-0.25, -0.2) is 4.98 Å². The van der Waals surface area contributed by atoms with Crippen molar-refractivity contribution in [3.05, 3.63) is 83.6 Å². The van der Waals surface area contributed by atoms with E-state index in [0.29, 0.717) is 40.2 Å². The molecule has 0 bridgehead atoms. The summed E-state index contributed by atoms with van der Waals surface area (Å²) in [5.74, 6) is 0.582. The molecule has 0 aliphatic heterocycles. The minimum atomic E-state index is -4.52. The van der Waals surface area contributed by atoms with Gasteiger partial charge in [-0.05, 0) is 49.7 Å². The molecule has 0 spiro atoms. The molecule has 0 saturated heterocycles. The Morgan fingerprint density at radius 1 is 1.09 bits per heavy atom. The number of nitrogens with zero attached hydrogens (tertiary/aromatic N) is 5. The van der Waals surface area contributed by atoms with E-state index in [0.717, 1.165) is 29.1 Å². The third-order valence-electron chi connectivity index (χ3n) is 5.43. The zero-order valence-corrected chi connectivity index (χ0v) is 19.9. The molecule has 1 aromatic carbocycles. The van der Waals surface area contributed by atoms with Crippen molar-refractivity contribution in [2.75, 3.05) is 5.32 Å². The predicted molar refractivity (Wildman–Crippen MR) is 131 cm³/mol. The third kappa shape index (κ3) is 5.23. The van der Waals surface area contributed by atoms with Crippen LogP contribution in [0.15, 0.2) is 60.9 Å². The van der Waals surface area contributed by atoms with Crippen molar-refractivity contribution in [2.45, 2.75) is 26.6 Å². The largest absolute Gasteiger partial charge is 0.433 e. The highest BCUT2D eigenvalue weighted by Crippen LogP contribution is 2.33. The molecule has 4 aromatic rings. The van der Waals surface area contributed by atoms with Gasteiger partial charge in [0.2, 0.25) is 0 Å². The van der Waals surface area contributed by atoms with Gasteiger partial charge in [0.05, 0.1) is 29.3 Å². The Bertz CT molecular complexity index is 1440. The average Bonchev–Trinajstić information content (AvgIpc) is 3.11. The highest BCUT2D eigenvalue weighted by atomic mass is 31.0. The summed E-state index contributed by atoms with van der Waals surface area (Å²) in [6.07, 6.45) is -1.68. The van der Waals surface area contributed by atoms with Gasteiger partial charge in [-0.15, -0.1) is 0 Å². The molecular weight excluding hydrogens is 472 g/mol. The normalized spacial score (nSPS) is 11.2. The fourth-order valence-corrected chi connectivity index (χ4v) is 4.09. The molecule has 0 fully saturated rings. The standard InChI is InChI=1S/C25H20F3N6P/c1-15-24(17-9-10-30-21(11-17)25(26,27)28)16(2)34(33-15)14-23(35)32-22-8-7-19(13-31-22)20-6-4-3-5-18(20)12-29/h3-11,13,35H,14H2,1-2H3,(H,31,32). The number of alkyl halides is 3. The molecule has 3 heterocycles. The molecule has 0 amide bonds. The van der Waals surface area contributed by atoms with E-state index in [1.54, 1.807) is 36.0 Å². The topological polar surface area (TPSA) is 79.4 Å². The van der Waals surface area contributed by atoms with Gasteiger partial charge < -0.3 is 5.32 Å². The summed E-state index contributed by atoms with van der Waals surface area (Å²) in [5, 5.41) is 17.0. The van der Waals surface area contributed by atoms with Crippen LogP contribution in [-0.4, -0.2) is 25.2 Å². The lowest BCUT2D eigenvalue weighted by atomic mass is 10.0. The van der Waals surface area contributed by atoms with Crippen molar-refractivity contribution < 1.29 is 13.2 Å². The number of benzene rings is 1. The molecule has 4 rings (SSSR count). The van der Waals surface area contributed by atoms with Gasteiger partial charge in [0.15, 0.2) is 0 Å². The number of halogens is 3. The van der Waals surface area contributed by atoms with Crippen LogP contribution in [-0.2, 0) is 12.7 Å². The first kappa shape index (κ1) is 24.1. The predicted octanol–water partition coefficient (Wildman–Crippen LogP) is 5.90. The van der Waals surface area contributed by atoms with Gasteiger partial charge in [0.25, 0.3) is 0 Å². The van der Waals surface area contributed by atoms with E-state index in [1.807, 2.05) is 31.2 Å². The Morgan fingerprint density at radius 3 is 2.54 bits per heavy atom. The molecule has 3 aromatic heterocycles. The van der Waals surface area contributed by atoms with Crippen LogP contribution in [0.4, 0.5) is 19.0 Å². The molecule has 10 heteroatoms. The lowest BCUT2D eigenvalue weighted by molar-refractivity contribution is -0.141. The van der Waals surface area contributed by atoms with Gasteiger partial charge in [-0.2, -0.15) is 23.5 Å². The molecule has 0 aliphatic rings. The molecule has 0 saturated carbocycles. The summed E-state index contributed by atoms with van der Waals surface area (Å²) >= 11 is 0. The summed E-state index contributed by atoms with van der Waals surface area (Å²) in [7, 11) is 3.56. The van der Waals surface area contributed by atoms with E-state index < -0.39 is 11.9 Å². The van der Waals surface area contributed by atoms with E-state index in [4.69, 9.17) is 0 Å². The van der Waals surface area contributed by atoms with Crippen molar-refractivity contribution in [3.63, 3.8) is 0 Å². The molecule has 176 valence electrons. The maximum absolute atomic E-state index is 13.1. The smallest absolute Gasteiger partial charge is 0.339 e. The number of hydrogen-bond donors (Lipinski definition) is 1. The van der Waals surface area contributed by atoms with Crippen LogP contribution < -0.4 is 5.32 Å². The lowest BCUT2D eigenvalue weighted by Crippen LogP contribution is -2.18. The summed E-state index contributed by atoms with van der Waals surface area (Å²) in [6, 6.07) is 15.7. The van der Waals surface area contributed by atoms with Gasteiger partial charge in [-0.3, -0.25) is 9.67 Å². The minimum absolute atomic E-state index is 0.321. The van der Waals surface area contributed by atoms with Gasteiger partial charge >= 0.3 is 6.18 Å². The molecule has 0 atom stereocenters. The summed E-state index contributed by atoms with van der Waals surface area (Å²) in [4.78, 5) is 7.86. The monoisotopic (exact) mass is 492 g/mol. The van der Waals surface area contributed by atoms with Crippen molar-refractivity contribution in [1.82, 2.24) is 19.7 Å². The second-order valence-electron chi connectivity index (χ2n) is 7.82. The average molecular weight is 492 g/mol. The number of pyridine rings is 2. The second-order valence-corrected chi connectivity index (χ2v) is 8.43. The van der Waals surface area contributed by atoms with E-state index in [9.17, 15) is 18.4 Å². The first-order valence-corrected chi connectivity index (χ1v) is 11.0. The molecule has 0 unspecified atom stereocenters. The molecule has 0 aliphatic carbocycles. The maximum atomic E-state index is 13.1. The maximum Gasteiger partial charge on any atom is 0.433 e. The first-order chi connectivity index (χ1) is 16.7. The van der Waals surface area contributed by atoms with E-state index in [1.165, 1.54) is 0 Å². The number of hydrogen-bond acceptors (Lipinski definition) is 4.